The Hall–Kier alpha value is -0.620. The minimum atomic E-state index is -4.12. The number of hydrogen-bond donors (Lipinski definition) is 2. The maximum Gasteiger partial charge on any atom is 0.401 e. The number of aliphatic imine (C=N–C) groups is 1. The number of aryl methyl sites for hydroxylation is 1. The van der Waals surface area contributed by atoms with E-state index in [4.69, 9.17) is 0 Å². The van der Waals surface area contributed by atoms with E-state index in [0.29, 0.717) is 25.6 Å². The van der Waals surface area contributed by atoms with Crippen LogP contribution in [0.5, 0.6) is 0 Å². The zero-order valence-electron chi connectivity index (χ0n) is 15.1. The molecule has 5 nitrogen and oxygen atoms in total. The van der Waals surface area contributed by atoms with E-state index in [9.17, 15) is 13.2 Å². The fourth-order valence-electron chi connectivity index (χ4n) is 2.85. The van der Waals surface area contributed by atoms with E-state index in [-0.39, 0.29) is 29.9 Å². The summed E-state index contributed by atoms with van der Waals surface area (Å²) in [4.78, 5) is 11.3. The van der Waals surface area contributed by atoms with Crippen LogP contribution >= 0.6 is 35.3 Å². The van der Waals surface area contributed by atoms with Crippen molar-refractivity contribution in [2.45, 2.75) is 32.4 Å². The van der Waals surface area contributed by atoms with E-state index in [0.717, 1.165) is 30.8 Å². The molecule has 1 aromatic heterocycles. The number of halogens is 4. The topological polar surface area (TPSA) is 52.6 Å². The van der Waals surface area contributed by atoms with Crippen LogP contribution in [0.15, 0.2) is 11.2 Å². The van der Waals surface area contributed by atoms with Gasteiger partial charge in [-0.05, 0) is 25.3 Å². The van der Waals surface area contributed by atoms with Crippen LogP contribution in [0.2, 0.25) is 0 Å². The Kier molecular flexibility index (Phi) is 10.2. The highest BCUT2D eigenvalue weighted by Crippen LogP contribution is 2.22. The number of rotatable bonds is 7. The number of guanidine groups is 1. The van der Waals surface area contributed by atoms with E-state index in [2.05, 4.69) is 27.5 Å². The number of nitrogens with one attached hydrogen (secondary N) is 2. The van der Waals surface area contributed by atoms with Crippen LogP contribution in [0, 0.1) is 5.92 Å². The lowest BCUT2D eigenvalue weighted by molar-refractivity contribution is -0.143. The zero-order chi connectivity index (χ0) is 18.3. The molecule has 0 aromatic carbocycles. The van der Waals surface area contributed by atoms with Gasteiger partial charge in [0.05, 0.1) is 11.6 Å². The fraction of sp³-hybridized carbons (Fsp3) is 0.750. The van der Waals surface area contributed by atoms with Gasteiger partial charge >= 0.3 is 6.18 Å². The van der Waals surface area contributed by atoms with Crippen LogP contribution in [0.1, 0.15) is 23.2 Å². The second-order valence-electron chi connectivity index (χ2n) is 6.21. The molecule has 0 amide bonds. The van der Waals surface area contributed by atoms with Gasteiger partial charge in [0.25, 0.3) is 0 Å². The number of nitrogens with zero attached hydrogens (tertiary/aromatic N) is 3. The van der Waals surface area contributed by atoms with Crippen LogP contribution in [-0.4, -0.2) is 61.8 Å². The van der Waals surface area contributed by atoms with Crippen molar-refractivity contribution in [3.8, 4) is 0 Å². The van der Waals surface area contributed by atoms with E-state index in [1.54, 1.807) is 18.4 Å². The Morgan fingerprint density at radius 1 is 1.42 bits per heavy atom. The lowest BCUT2D eigenvalue weighted by Crippen LogP contribution is -2.41. The Morgan fingerprint density at radius 2 is 2.19 bits per heavy atom. The van der Waals surface area contributed by atoms with E-state index in [1.165, 1.54) is 9.78 Å². The first-order valence-electron chi connectivity index (χ1n) is 8.56. The van der Waals surface area contributed by atoms with Gasteiger partial charge in [-0.2, -0.15) is 13.2 Å². The summed E-state index contributed by atoms with van der Waals surface area (Å²) in [5.74, 6) is 0.897. The maximum atomic E-state index is 12.4. The third-order valence-electron chi connectivity index (χ3n) is 4.14. The van der Waals surface area contributed by atoms with Gasteiger partial charge < -0.3 is 10.6 Å². The standard InChI is InChI=1S/C16H26F3N5S.HI/c1-3-13-9-22-14(25-13)4-6-21-15(20-2)23-8-12-5-7-24(10-12)11-16(17,18)19;/h9,12H,3-8,10-11H2,1-2H3,(H2,20,21,23);1H. The highest BCUT2D eigenvalue weighted by atomic mass is 127. The first kappa shape index (κ1) is 23.4. The molecule has 1 aromatic rings. The summed E-state index contributed by atoms with van der Waals surface area (Å²) in [5.41, 5.74) is 0. The molecule has 2 heterocycles. The second kappa shape index (κ2) is 11.3. The number of hydrogen-bond acceptors (Lipinski definition) is 4. The van der Waals surface area contributed by atoms with Gasteiger partial charge in [0, 0.05) is 44.2 Å². The molecule has 2 N–H and O–H groups in total. The summed E-state index contributed by atoms with van der Waals surface area (Å²) >= 11 is 1.72. The zero-order valence-corrected chi connectivity index (χ0v) is 18.3. The van der Waals surface area contributed by atoms with Crippen molar-refractivity contribution in [1.82, 2.24) is 20.5 Å². The van der Waals surface area contributed by atoms with Crippen molar-refractivity contribution >= 4 is 41.3 Å². The van der Waals surface area contributed by atoms with Crippen molar-refractivity contribution in [3.63, 3.8) is 0 Å². The normalized spacial score (nSPS) is 18.7. The highest BCUT2D eigenvalue weighted by molar-refractivity contribution is 14.0. The van der Waals surface area contributed by atoms with Gasteiger partial charge in [0.1, 0.15) is 0 Å². The lowest BCUT2D eigenvalue weighted by atomic mass is 10.1. The summed E-state index contributed by atoms with van der Waals surface area (Å²) in [7, 11) is 1.69. The van der Waals surface area contributed by atoms with E-state index >= 15 is 0 Å². The third-order valence-corrected chi connectivity index (χ3v) is 5.34. The number of thiazole rings is 1. The summed E-state index contributed by atoms with van der Waals surface area (Å²) in [6.07, 6.45) is 0.404. The molecule has 0 spiro atoms. The van der Waals surface area contributed by atoms with Crippen LogP contribution in [0.25, 0.3) is 0 Å². The van der Waals surface area contributed by atoms with Gasteiger partial charge in [-0.25, -0.2) is 4.98 Å². The number of alkyl halides is 3. The molecule has 26 heavy (non-hydrogen) atoms. The van der Waals surface area contributed by atoms with Gasteiger partial charge in [-0.1, -0.05) is 6.92 Å². The first-order chi connectivity index (χ1) is 11.9. The highest BCUT2D eigenvalue weighted by Gasteiger charge is 2.34. The van der Waals surface area contributed by atoms with Crippen LogP contribution in [0.4, 0.5) is 13.2 Å². The maximum absolute atomic E-state index is 12.4. The molecule has 1 atom stereocenters. The average Bonchev–Trinajstić information content (AvgIpc) is 3.18. The van der Waals surface area contributed by atoms with Crippen molar-refractivity contribution in [1.29, 1.82) is 0 Å². The molecular weight excluding hydrogens is 478 g/mol. The third kappa shape index (κ3) is 8.38. The summed E-state index contributed by atoms with van der Waals surface area (Å²) < 4.78 is 37.2. The molecule has 1 unspecified atom stereocenters. The first-order valence-corrected chi connectivity index (χ1v) is 9.38. The molecule has 150 valence electrons. The van der Waals surface area contributed by atoms with Gasteiger partial charge in [-0.15, -0.1) is 35.3 Å². The van der Waals surface area contributed by atoms with Gasteiger partial charge in [-0.3, -0.25) is 9.89 Å². The van der Waals surface area contributed by atoms with E-state index < -0.39 is 12.7 Å². The molecule has 0 aliphatic carbocycles. The Bertz CT molecular complexity index is 564. The van der Waals surface area contributed by atoms with Crippen molar-refractivity contribution < 1.29 is 13.2 Å². The monoisotopic (exact) mass is 505 g/mol. The predicted molar refractivity (Wildman–Crippen MR) is 111 cm³/mol. The summed E-state index contributed by atoms with van der Waals surface area (Å²) in [6.45, 7) is 3.63. The molecule has 10 heteroatoms. The second-order valence-corrected chi connectivity index (χ2v) is 7.41. The lowest BCUT2D eigenvalue weighted by Gasteiger charge is -2.18. The predicted octanol–water partition coefficient (Wildman–Crippen LogP) is 2.92. The van der Waals surface area contributed by atoms with Crippen LogP contribution in [0.3, 0.4) is 0 Å². The Morgan fingerprint density at radius 3 is 2.81 bits per heavy atom. The molecule has 0 bridgehead atoms. The molecule has 1 fully saturated rings. The quantitative estimate of drug-likeness (QED) is 0.340. The number of likely N-dealkylation sites (tertiary alicyclic amines) is 1. The molecule has 0 radical (unpaired) electrons. The average molecular weight is 505 g/mol. The van der Waals surface area contributed by atoms with Crippen LogP contribution < -0.4 is 10.6 Å². The van der Waals surface area contributed by atoms with Crippen molar-refractivity contribution in [2.24, 2.45) is 10.9 Å². The SMILES string of the molecule is CCc1cnc(CCNC(=NC)NCC2CCN(CC(F)(F)F)C2)s1.I. The largest absolute Gasteiger partial charge is 0.401 e. The smallest absolute Gasteiger partial charge is 0.356 e. The number of aromatic nitrogens is 1. The molecule has 2 rings (SSSR count). The molecule has 1 saturated heterocycles. The summed E-state index contributed by atoms with van der Waals surface area (Å²) in [6, 6.07) is 0. The van der Waals surface area contributed by atoms with Crippen molar-refractivity contribution in [3.05, 3.63) is 16.1 Å². The molecule has 0 saturated carbocycles. The van der Waals surface area contributed by atoms with Crippen LogP contribution in [-0.2, 0) is 12.8 Å². The molecule has 1 aliphatic rings. The summed E-state index contributed by atoms with van der Waals surface area (Å²) in [5, 5.41) is 7.54. The minimum absolute atomic E-state index is 0. The fourth-order valence-corrected chi connectivity index (χ4v) is 3.72. The Labute approximate surface area is 173 Å². The van der Waals surface area contributed by atoms with Gasteiger partial charge in [0.2, 0.25) is 0 Å². The van der Waals surface area contributed by atoms with E-state index in [1.807, 2.05) is 6.20 Å². The van der Waals surface area contributed by atoms with Gasteiger partial charge in [0.15, 0.2) is 5.96 Å². The Balaban J connectivity index is 0.00000338. The minimum Gasteiger partial charge on any atom is -0.356 e. The molecule has 1 aliphatic heterocycles. The van der Waals surface area contributed by atoms with Crippen molar-refractivity contribution in [2.75, 3.05) is 39.8 Å². The molecular formula is C16H27F3IN5S.